The van der Waals surface area contributed by atoms with Gasteiger partial charge in [0.15, 0.2) is 0 Å². The van der Waals surface area contributed by atoms with Gasteiger partial charge in [-0.3, -0.25) is 4.90 Å². The van der Waals surface area contributed by atoms with E-state index in [0.29, 0.717) is 6.04 Å². The Morgan fingerprint density at radius 3 is 2.42 bits per heavy atom. The van der Waals surface area contributed by atoms with E-state index in [1.165, 1.54) is 11.1 Å². The second-order valence-electron chi connectivity index (χ2n) is 7.26. The number of aryl methyl sites for hydroxylation is 1. The first-order chi connectivity index (χ1) is 11.4. The molecule has 0 atom stereocenters. The van der Waals surface area contributed by atoms with Crippen LogP contribution in [0.1, 0.15) is 44.2 Å². The van der Waals surface area contributed by atoms with Crippen molar-refractivity contribution in [2.75, 3.05) is 20.3 Å². The molecule has 0 unspecified atom stereocenters. The van der Waals surface area contributed by atoms with Gasteiger partial charge in [-0.1, -0.05) is 24.3 Å². The lowest BCUT2D eigenvalue weighted by molar-refractivity contribution is 0.0393. The molecule has 0 radical (unpaired) electrons. The Bertz CT molecular complexity index is 522. The molecule has 1 fully saturated rings. The number of amides is 1. The predicted octanol–water partition coefficient (Wildman–Crippen LogP) is 3.10. The van der Waals surface area contributed by atoms with E-state index in [2.05, 4.69) is 36.2 Å². The lowest BCUT2D eigenvalue weighted by Crippen LogP contribution is -2.36. The normalized spacial score (nSPS) is 16.3. The molecule has 1 heterocycles. The maximum absolute atomic E-state index is 10.9. The largest absolute Gasteiger partial charge is 0.444 e. The minimum absolute atomic E-state index is 0.534. The number of nitrogens with two attached hydrogens (primary N) is 1. The van der Waals surface area contributed by atoms with Crippen molar-refractivity contribution in [3.63, 3.8) is 0 Å². The van der Waals surface area contributed by atoms with Gasteiger partial charge in [0.25, 0.3) is 0 Å². The lowest BCUT2D eigenvalue weighted by Gasteiger charge is -2.31. The van der Waals surface area contributed by atoms with Gasteiger partial charge in [-0.25, -0.2) is 4.79 Å². The molecule has 1 aromatic rings. The van der Waals surface area contributed by atoms with Crippen molar-refractivity contribution in [1.29, 1.82) is 0 Å². The van der Waals surface area contributed by atoms with E-state index >= 15 is 0 Å². The number of carbonyl (C=O) groups excluding carboxylic acids is 1. The van der Waals surface area contributed by atoms with Crippen LogP contribution in [0.4, 0.5) is 4.79 Å². The van der Waals surface area contributed by atoms with E-state index in [0.717, 1.165) is 45.4 Å². The third-order valence-corrected chi connectivity index (χ3v) is 4.66. The maximum atomic E-state index is 10.9. The highest BCUT2D eigenvalue weighted by Gasteiger charge is 2.21. The van der Waals surface area contributed by atoms with Crippen LogP contribution in [0.3, 0.4) is 0 Å². The smallest absolute Gasteiger partial charge is 0.405 e. The molecule has 0 spiro atoms. The number of benzene rings is 1. The lowest BCUT2D eigenvalue weighted by atomic mass is 9.98. The molecule has 0 saturated carbocycles. The van der Waals surface area contributed by atoms with Crippen molar-refractivity contribution in [3.8, 4) is 0 Å². The highest BCUT2D eigenvalue weighted by Crippen LogP contribution is 2.19. The van der Waals surface area contributed by atoms with Crippen LogP contribution in [0, 0.1) is 0 Å². The number of carbonyl (C=O) groups is 1. The summed E-state index contributed by atoms with van der Waals surface area (Å²) in [7, 11) is 2.19. The van der Waals surface area contributed by atoms with Gasteiger partial charge in [0, 0.05) is 25.8 Å². The number of primary amides is 1. The summed E-state index contributed by atoms with van der Waals surface area (Å²) in [6, 6.07) is 9.31. The predicted molar refractivity (Wildman–Crippen MR) is 94.8 cm³/mol. The number of ether oxygens (including phenoxy) is 2. The summed E-state index contributed by atoms with van der Waals surface area (Å²) in [6.45, 7) is 6.47. The Labute approximate surface area is 145 Å². The van der Waals surface area contributed by atoms with Crippen LogP contribution in [0.2, 0.25) is 0 Å². The molecular formula is C19H30N2O3. The van der Waals surface area contributed by atoms with Crippen LogP contribution in [-0.2, 0) is 22.4 Å². The Hall–Kier alpha value is -1.59. The summed E-state index contributed by atoms with van der Waals surface area (Å²) < 4.78 is 10.6. The summed E-state index contributed by atoms with van der Waals surface area (Å²) >= 11 is 0. The molecule has 2 rings (SSSR count). The molecule has 1 aliphatic rings. The minimum atomic E-state index is -0.716. The fourth-order valence-corrected chi connectivity index (χ4v) is 3.12. The van der Waals surface area contributed by atoms with Crippen molar-refractivity contribution in [2.45, 2.75) is 57.7 Å². The average Bonchev–Trinajstić information content (AvgIpc) is 2.54. The van der Waals surface area contributed by atoms with Gasteiger partial charge >= 0.3 is 6.09 Å². The molecule has 134 valence electrons. The quantitative estimate of drug-likeness (QED) is 0.832. The van der Waals surface area contributed by atoms with E-state index in [-0.39, 0.29) is 0 Å². The third-order valence-electron chi connectivity index (χ3n) is 4.66. The third kappa shape index (κ3) is 6.13. The van der Waals surface area contributed by atoms with Gasteiger partial charge in [-0.2, -0.15) is 0 Å². The standard InChI is InChI=1S/C19H30N2O3/c1-19(2,24-18(20)22)11-8-15-4-6-16(7-5-15)14-21(3)17-9-12-23-13-10-17/h4-7,17H,8-14H2,1-3H3,(H2,20,22). The molecule has 0 aromatic heterocycles. The van der Waals surface area contributed by atoms with E-state index in [1.807, 2.05) is 13.8 Å². The molecular weight excluding hydrogens is 304 g/mol. The first-order valence-electron chi connectivity index (χ1n) is 8.70. The number of hydrogen-bond donors (Lipinski definition) is 1. The summed E-state index contributed by atoms with van der Waals surface area (Å²) in [6.07, 6.45) is 3.12. The SMILES string of the molecule is CN(Cc1ccc(CCC(C)(C)OC(N)=O)cc1)C1CCOCC1. The summed E-state index contributed by atoms with van der Waals surface area (Å²) in [4.78, 5) is 13.3. The van der Waals surface area contributed by atoms with Crippen LogP contribution < -0.4 is 5.73 Å². The van der Waals surface area contributed by atoms with E-state index in [1.54, 1.807) is 0 Å². The number of rotatable bonds is 7. The summed E-state index contributed by atoms with van der Waals surface area (Å²) in [5, 5.41) is 0. The zero-order valence-electron chi connectivity index (χ0n) is 15.1. The van der Waals surface area contributed by atoms with Gasteiger partial charge in [-0.15, -0.1) is 0 Å². The molecule has 24 heavy (non-hydrogen) atoms. The molecule has 2 N–H and O–H groups in total. The topological polar surface area (TPSA) is 64.8 Å². The molecule has 0 bridgehead atoms. The highest BCUT2D eigenvalue weighted by molar-refractivity contribution is 5.65. The molecule has 5 heteroatoms. The number of hydrogen-bond acceptors (Lipinski definition) is 4. The zero-order chi connectivity index (χ0) is 17.6. The van der Waals surface area contributed by atoms with E-state index in [4.69, 9.17) is 15.2 Å². The monoisotopic (exact) mass is 334 g/mol. The first-order valence-corrected chi connectivity index (χ1v) is 8.70. The average molecular weight is 334 g/mol. The number of nitrogens with zero attached hydrogens (tertiary/aromatic N) is 1. The Balaban J connectivity index is 1.82. The maximum Gasteiger partial charge on any atom is 0.405 e. The van der Waals surface area contributed by atoms with Crippen molar-refractivity contribution in [2.24, 2.45) is 5.73 Å². The van der Waals surface area contributed by atoms with Gasteiger partial charge in [-0.05, 0) is 57.7 Å². The van der Waals surface area contributed by atoms with E-state index in [9.17, 15) is 4.79 Å². The molecule has 1 amide bonds. The van der Waals surface area contributed by atoms with Gasteiger partial charge < -0.3 is 15.2 Å². The molecule has 5 nitrogen and oxygen atoms in total. The van der Waals surface area contributed by atoms with Crippen molar-refractivity contribution >= 4 is 6.09 Å². The van der Waals surface area contributed by atoms with Crippen molar-refractivity contribution in [1.82, 2.24) is 4.90 Å². The van der Waals surface area contributed by atoms with Crippen LogP contribution in [-0.4, -0.2) is 42.9 Å². The molecule has 1 aromatic carbocycles. The van der Waals surface area contributed by atoms with Gasteiger partial charge in [0.2, 0.25) is 0 Å². The van der Waals surface area contributed by atoms with E-state index < -0.39 is 11.7 Å². The van der Waals surface area contributed by atoms with Crippen LogP contribution >= 0.6 is 0 Å². The second-order valence-corrected chi connectivity index (χ2v) is 7.26. The fraction of sp³-hybridized carbons (Fsp3) is 0.632. The van der Waals surface area contributed by atoms with Gasteiger partial charge in [0.1, 0.15) is 5.60 Å². The van der Waals surface area contributed by atoms with Crippen molar-refractivity contribution < 1.29 is 14.3 Å². The van der Waals surface area contributed by atoms with Crippen LogP contribution in [0.25, 0.3) is 0 Å². The Morgan fingerprint density at radius 2 is 1.83 bits per heavy atom. The molecule has 0 aliphatic carbocycles. The second kappa shape index (κ2) is 8.49. The zero-order valence-corrected chi connectivity index (χ0v) is 15.1. The first kappa shape index (κ1) is 18.7. The highest BCUT2D eigenvalue weighted by atomic mass is 16.6. The van der Waals surface area contributed by atoms with Crippen molar-refractivity contribution in [3.05, 3.63) is 35.4 Å². The molecule has 1 saturated heterocycles. The Kier molecular flexibility index (Phi) is 6.63. The Morgan fingerprint density at radius 1 is 1.25 bits per heavy atom. The molecule has 1 aliphatic heterocycles. The summed E-state index contributed by atoms with van der Waals surface area (Å²) in [5.41, 5.74) is 7.13. The van der Waals surface area contributed by atoms with Crippen LogP contribution in [0.15, 0.2) is 24.3 Å². The minimum Gasteiger partial charge on any atom is -0.444 e. The van der Waals surface area contributed by atoms with Crippen LogP contribution in [0.5, 0.6) is 0 Å². The summed E-state index contributed by atoms with van der Waals surface area (Å²) in [5.74, 6) is 0. The van der Waals surface area contributed by atoms with Gasteiger partial charge in [0.05, 0.1) is 0 Å². The fourth-order valence-electron chi connectivity index (χ4n) is 3.12.